The van der Waals surface area contributed by atoms with E-state index in [2.05, 4.69) is 13.8 Å². The molecule has 3 saturated carbocycles. The van der Waals surface area contributed by atoms with E-state index in [-0.39, 0.29) is 6.29 Å². The molecule has 4 aliphatic rings. The summed E-state index contributed by atoms with van der Waals surface area (Å²) in [5.41, 5.74) is 6.87. The second-order valence-electron chi connectivity index (χ2n) is 7.38. The van der Waals surface area contributed by atoms with Gasteiger partial charge in [0.2, 0.25) is 0 Å². The zero-order valence-corrected chi connectivity index (χ0v) is 12.4. The first-order valence-electron chi connectivity index (χ1n) is 8.08. The van der Waals surface area contributed by atoms with Crippen LogP contribution in [-0.2, 0) is 9.47 Å². The molecule has 110 valence electrons. The fraction of sp³-hybridized carbons (Fsp3) is 1.00. The first-order valence-corrected chi connectivity index (χ1v) is 8.08. The molecule has 1 heterocycles. The number of hydrogen-bond donors (Lipinski definition) is 1. The number of nitrogens with two attached hydrogens (primary N) is 1. The van der Waals surface area contributed by atoms with Crippen LogP contribution >= 0.6 is 0 Å². The van der Waals surface area contributed by atoms with E-state index in [1.165, 1.54) is 25.7 Å². The molecule has 1 saturated heterocycles. The van der Waals surface area contributed by atoms with E-state index in [4.69, 9.17) is 15.2 Å². The summed E-state index contributed by atoms with van der Waals surface area (Å²) in [6.07, 6.45) is 7.26. The fourth-order valence-electron chi connectivity index (χ4n) is 4.58. The maximum absolute atomic E-state index is 6.35. The average Bonchev–Trinajstić information content (AvgIpc) is 2.41. The third-order valence-corrected chi connectivity index (χ3v) is 6.06. The van der Waals surface area contributed by atoms with Gasteiger partial charge in [-0.05, 0) is 61.7 Å². The summed E-state index contributed by atoms with van der Waals surface area (Å²) in [4.78, 5) is 0. The Morgan fingerprint density at radius 2 is 2.11 bits per heavy atom. The lowest BCUT2D eigenvalue weighted by Gasteiger charge is -2.62. The van der Waals surface area contributed by atoms with Crippen LogP contribution in [0.2, 0.25) is 0 Å². The van der Waals surface area contributed by atoms with Gasteiger partial charge < -0.3 is 15.2 Å². The summed E-state index contributed by atoms with van der Waals surface area (Å²) in [6, 6.07) is 0.396. The first kappa shape index (κ1) is 13.8. The summed E-state index contributed by atoms with van der Waals surface area (Å²) in [5.74, 6) is 2.34. The summed E-state index contributed by atoms with van der Waals surface area (Å²) in [7, 11) is 0. The molecule has 4 fully saturated rings. The van der Waals surface area contributed by atoms with Crippen LogP contribution in [0.25, 0.3) is 0 Å². The molecule has 0 aromatic carbocycles. The van der Waals surface area contributed by atoms with Crippen molar-refractivity contribution >= 4 is 0 Å². The van der Waals surface area contributed by atoms with E-state index in [0.29, 0.717) is 17.4 Å². The van der Waals surface area contributed by atoms with E-state index in [0.717, 1.165) is 37.9 Å². The Hall–Kier alpha value is -0.120. The molecule has 5 atom stereocenters. The predicted octanol–water partition coefficient (Wildman–Crippen LogP) is 2.93. The van der Waals surface area contributed by atoms with Crippen LogP contribution in [0.1, 0.15) is 52.4 Å². The van der Waals surface area contributed by atoms with Crippen LogP contribution in [0.4, 0.5) is 0 Å². The second kappa shape index (κ2) is 5.34. The lowest BCUT2D eigenvalue weighted by molar-refractivity contribution is -0.173. The Bertz CT molecular complexity index is 312. The van der Waals surface area contributed by atoms with Gasteiger partial charge in [-0.1, -0.05) is 13.8 Å². The van der Waals surface area contributed by atoms with Crippen molar-refractivity contribution < 1.29 is 9.47 Å². The van der Waals surface area contributed by atoms with Crippen LogP contribution in [0.15, 0.2) is 0 Å². The Balaban J connectivity index is 1.46. The molecule has 0 aromatic heterocycles. The lowest BCUT2D eigenvalue weighted by atomic mass is 9.44. The van der Waals surface area contributed by atoms with Crippen molar-refractivity contribution in [1.82, 2.24) is 0 Å². The topological polar surface area (TPSA) is 44.5 Å². The summed E-state index contributed by atoms with van der Waals surface area (Å²) in [5, 5.41) is 0. The highest BCUT2D eigenvalue weighted by molar-refractivity contribution is 5.07. The Morgan fingerprint density at radius 3 is 2.79 bits per heavy atom. The van der Waals surface area contributed by atoms with Crippen molar-refractivity contribution in [1.29, 1.82) is 0 Å². The normalized spacial score (nSPS) is 44.7. The highest BCUT2D eigenvalue weighted by atomic mass is 16.7. The van der Waals surface area contributed by atoms with E-state index >= 15 is 0 Å². The van der Waals surface area contributed by atoms with Gasteiger partial charge in [0, 0.05) is 12.6 Å². The third-order valence-electron chi connectivity index (χ3n) is 6.06. The number of hydrogen-bond acceptors (Lipinski definition) is 3. The smallest absolute Gasteiger partial charge is 0.157 e. The van der Waals surface area contributed by atoms with Gasteiger partial charge in [0.1, 0.15) is 0 Å². The number of ether oxygens (including phenoxy) is 2. The Kier molecular flexibility index (Phi) is 3.89. The van der Waals surface area contributed by atoms with Gasteiger partial charge in [-0.25, -0.2) is 0 Å². The van der Waals surface area contributed by atoms with Gasteiger partial charge in [0.25, 0.3) is 0 Å². The van der Waals surface area contributed by atoms with Gasteiger partial charge in [0.15, 0.2) is 6.29 Å². The van der Waals surface area contributed by atoms with E-state index < -0.39 is 0 Å². The Morgan fingerprint density at radius 1 is 1.26 bits per heavy atom. The van der Waals surface area contributed by atoms with Gasteiger partial charge in [-0.15, -0.1) is 0 Å². The lowest BCUT2D eigenvalue weighted by Crippen LogP contribution is -2.59. The molecular formula is C16H29NO2. The molecule has 2 N–H and O–H groups in total. The minimum atomic E-state index is 0.0516. The van der Waals surface area contributed by atoms with Crippen LogP contribution in [0, 0.1) is 23.2 Å². The van der Waals surface area contributed by atoms with Crippen molar-refractivity contribution in [2.75, 3.05) is 13.2 Å². The monoisotopic (exact) mass is 267 g/mol. The molecule has 0 radical (unpaired) electrons. The largest absolute Gasteiger partial charge is 0.353 e. The Labute approximate surface area is 117 Å². The maximum atomic E-state index is 6.35. The highest BCUT2D eigenvalue weighted by Gasteiger charge is 2.56. The molecule has 3 nitrogen and oxygen atoms in total. The fourth-order valence-corrected chi connectivity index (χ4v) is 4.58. The van der Waals surface area contributed by atoms with Crippen LogP contribution in [-0.4, -0.2) is 25.5 Å². The van der Waals surface area contributed by atoms with Crippen molar-refractivity contribution in [3.63, 3.8) is 0 Å². The van der Waals surface area contributed by atoms with Crippen molar-refractivity contribution in [3.05, 3.63) is 0 Å². The van der Waals surface area contributed by atoms with E-state index in [1.807, 2.05) is 0 Å². The van der Waals surface area contributed by atoms with E-state index in [1.54, 1.807) is 0 Å². The zero-order chi connectivity index (χ0) is 13.5. The average molecular weight is 267 g/mol. The van der Waals surface area contributed by atoms with Crippen molar-refractivity contribution in [2.24, 2.45) is 28.9 Å². The molecule has 3 heteroatoms. The molecule has 1 aliphatic heterocycles. The molecule has 3 aliphatic carbocycles. The third kappa shape index (κ3) is 2.57. The van der Waals surface area contributed by atoms with Gasteiger partial charge in [-0.2, -0.15) is 0 Å². The zero-order valence-electron chi connectivity index (χ0n) is 12.4. The minimum absolute atomic E-state index is 0.0516. The standard InChI is InChI=1S/C16H29NO2/c1-16(2)11-9-13(16)12(14(17)10-11)6-8-19-15-5-3-4-7-18-15/h11-15H,3-10,17H2,1-2H3/t11?,12-,13?,14-,15?/m1/s1. The van der Waals surface area contributed by atoms with E-state index in [9.17, 15) is 0 Å². The van der Waals surface area contributed by atoms with Gasteiger partial charge in [0.05, 0.1) is 6.61 Å². The van der Waals surface area contributed by atoms with Crippen molar-refractivity contribution in [2.45, 2.75) is 64.7 Å². The van der Waals surface area contributed by atoms with Gasteiger partial charge in [-0.3, -0.25) is 0 Å². The summed E-state index contributed by atoms with van der Waals surface area (Å²) in [6.45, 7) is 6.54. The quantitative estimate of drug-likeness (QED) is 0.851. The molecular weight excluding hydrogens is 238 g/mol. The van der Waals surface area contributed by atoms with Crippen LogP contribution in [0.5, 0.6) is 0 Å². The SMILES string of the molecule is CC1(C)C2CC1[C@@H](CCOC1CCCCO1)[C@H](N)C2. The molecule has 0 spiro atoms. The predicted molar refractivity (Wildman–Crippen MR) is 75.6 cm³/mol. The van der Waals surface area contributed by atoms with Crippen LogP contribution in [0.3, 0.4) is 0 Å². The second-order valence-corrected chi connectivity index (χ2v) is 7.38. The van der Waals surface area contributed by atoms with Crippen molar-refractivity contribution in [3.8, 4) is 0 Å². The summed E-state index contributed by atoms with van der Waals surface area (Å²) >= 11 is 0. The highest BCUT2D eigenvalue weighted by Crippen LogP contribution is 2.61. The van der Waals surface area contributed by atoms with Gasteiger partial charge >= 0.3 is 0 Å². The molecule has 0 amide bonds. The minimum Gasteiger partial charge on any atom is -0.353 e. The number of fused-ring (bicyclic) bond motifs is 2. The first-order chi connectivity index (χ1) is 9.09. The number of rotatable bonds is 4. The maximum Gasteiger partial charge on any atom is 0.157 e. The molecule has 4 rings (SSSR count). The summed E-state index contributed by atoms with van der Waals surface area (Å²) < 4.78 is 11.5. The molecule has 2 bridgehead atoms. The molecule has 19 heavy (non-hydrogen) atoms. The molecule has 3 unspecified atom stereocenters. The molecule has 0 aromatic rings. The van der Waals surface area contributed by atoms with Crippen LogP contribution < -0.4 is 5.73 Å².